The number of benzene rings is 1. The fraction of sp³-hybridized carbons (Fsp3) is 0.440. The van der Waals surface area contributed by atoms with Crippen LogP contribution < -0.4 is 10.9 Å². The van der Waals surface area contributed by atoms with Crippen LogP contribution in [0.1, 0.15) is 41.2 Å². The molecular weight excluding hydrogens is 430 g/mol. The van der Waals surface area contributed by atoms with Crippen LogP contribution in [0.3, 0.4) is 0 Å². The summed E-state index contributed by atoms with van der Waals surface area (Å²) in [6.45, 7) is 5.14. The van der Waals surface area contributed by atoms with Crippen molar-refractivity contribution in [1.82, 2.24) is 24.6 Å². The van der Waals surface area contributed by atoms with E-state index in [0.717, 1.165) is 55.8 Å². The summed E-state index contributed by atoms with van der Waals surface area (Å²) in [5.74, 6) is 0.919. The fourth-order valence-electron chi connectivity index (χ4n) is 4.77. The van der Waals surface area contributed by atoms with Gasteiger partial charge in [-0.3, -0.25) is 14.3 Å². The van der Waals surface area contributed by atoms with Gasteiger partial charge in [-0.05, 0) is 62.6 Å². The maximum atomic E-state index is 13.0. The number of aryl methyl sites for hydroxylation is 1. The van der Waals surface area contributed by atoms with Gasteiger partial charge in [0.1, 0.15) is 5.39 Å². The minimum Gasteiger partial charge on any atom is -0.338 e. The second-order valence-electron chi connectivity index (χ2n) is 9.38. The standard InChI is InChI=1S/C25H29N7O2/c1-16-15-18(5-6-19(16)25(34)31-13-11-30(2)12-14-31)28-23-22-21(8-10-27-24(22)33)32(29-23)20(7-9-26)17-3-4-17/h5-6,8,10,15,17,20H,3-4,7,11-14H2,1-2H3,(H,27,33)(H,28,29). The lowest BCUT2D eigenvalue weighted by Gasteiger charge is -2.32. The minimum atomic E-state index is -0.226. The molecule has 2 N–H and O–H groups in total. The number of pyridine rings is 1. The van der Waals surface area contributed by atoms with Crippen molar-refractivity contribution in [2.75, 3.05) is 38.5 Å². The largest absolute Gasteiger partial charge is 0.338 e. The Morgan fingerprint density at radius 3 is 2.71 bits per heavy atom. The van der Waals surface area contributed by atoms with Gasteiger partial charge in [0, 0.05) is 43.6 Å². The highest BCUT2D eigenvalue weighted by molar-refractivity contribution is 5.96. The molecule has 0 spiro atoms. The van der Waals surface area contributed by atoms with E-state index >= 15 is 0 Å². The van der Waals surface area contributed by atoms with E-state index in [1.807, 2.05) is 40.8 Å². The number of aromatic amines is 1. The van der Waals surface area contributed by atoms with E-state index in [0.29, 0.717) is 29.1 Å². The van der Waals surface area contributed by atoms with Crippen LogP contribution in [0, 0.1) is 24.2 Å². The number of rotatable bonds is 6. The number of hydrogen-bond acceptors (Lipinski definition) is 6. The van der Waals surface area contributed by atoms with E-state index < -0.39 is 0 Å². The molecule has 3 heterocycles. The second-order valence-corrected chi connectivity index (χ2v) is 9.38. The Morgan fingerprint density at radius 2 is 2.03 bits per heavy atom. The van der Waals surface area contributed by atoms with Crippen molar-refractivity contribution in [3.63, 3.8) is 0 Å². The van der Waals surface area contributed by atoms with Crippen molar-refractivity contribution in [2.45, 2.75) is 32.2 Å². The quantitative estimate of drug-likeness (QED) is 0.586. The van der Waals surface area contributed by atoms with E-state index in [4.69, 9.17) is 5.10 Å². The number of likely N-dealkylation sites (N-methyl/N-ethyl adjacent to an activating group) is 1. The van der Waals surface area contributed by atoms with Crippen LogP contribution in [0.2, 0.25) is 0 Å². The minimum absolute atomic E-state index is 0.0461. The maximum Gasteiger partial charge on any atom is 0.261 e. The van der Waals surface area contributed by atoms with Gasteiger partial charge in [-0.2, -0.15) is 10.4 Å². The normalized spacial score (nSPS) is 17.5. The summed E-state index contributed by atoms with van der Waals surface area (Å²) in [5, 5.41) is 17.9. The van der Waals surface area contributed by atoms with Gasteiger partial charge in [-0.15, -0.1) is 0 Å². The monoisotopic (exact) mass is 459 g/mol. The molecular formula is C25H29N7O2. The molecule has 1 saturated carbocycles. The Labute approximate surface area is 198 Å². The second kappa shape index (κ2) is 8.95. The van der Waals surface area contributed by atoms with E-state index in [9.17, 15) is 14.9 Å². The van der Waals surface area contributed by atoms with Crippen LogP contribution in [-0.4, -0.2) is 63.7 Å². The first-order chi connectivity index (χ1) is 16.5. The highest BCUT2D eigenvalue weighted by Crippen LogP contribution is 2.43. The summed E-state index contributed by atoms with van der Waals surface area (Å²) in [5.41, 5.74) is 2.80. The zero-order valence-corrected chi connectivity index (χ0v) is 19.5. The smallest absolute Gasteiger partial charge is 0.261 e. The molecule has 2 fully saturated rings. The van der Waals surface area contributed by atoms with Gasteiger partial charge in [-0.1, -0.05) is 0 Å². The summed E-state index contributed by atoms with van der Waals surface area (Å²) in [6.07, 6.45) is 4.12. The van der Waals surface area contributed by atoms with Gasteiger partial charge in [0.15, 0.2) is 5.82 Å². The molecule has 2 aromatic heterocycles. The Bertz CT molecular complexity index is 1320. The summed E-state index contributed by atoms with van der Waals surface area (Å²) in [7, 11) is 2.07. The molecule has 1 unspecified atom stereocenters. The number of nitrogens with zero attached hydrogens (tertiary/aromatic N) is 5. The number of fused-ring (bicyclic) bond motifs is 1. The summed E-state index contributed by atoms with van der Waals surface area (Å²) in [6, 6.07) is 9.67. The molecule has 1 aromatic carbocycles. The molecule has 1 saturated heterocycles. The molecule has 9 nitrogen and oxygen atoms in total. The molecule has 34 heavy (non-hydrogen) atoms. The molecule has 5 rings (SSSR count). The number of hydrogen-bond donors (Lipinski definition) is 2. The number of amides is 1. The Hall–Kier alpha value is -3.64. The molecule has 176 valence electrons. The number of H-pyrrole nitrogens is 1. The predicted octanol–water partition coefficient (Wildman–Crippen LogP) is 3.03. The SMILES string of the molecule is Cc1cc(Nc2nn(C(CC#N)C3CC3)c3cc[nH]c(=O)c23)ccc1C(=O)N1CCN(C)CC1. The van der Waals surface area contributed by atoms with Crippen molar-refractivity contribution in [1.29, 1.82) is 5.26 Å². The van der Waals surface area contributed by atoms with Crippen LogP contribution >= 0.6 is 0 Å². The molecule has 1 atom stereocenters. The van der Waals surface area contributed by atoms with Gasteiger partial charge < -0.3 is 20.1 Å². The first-order valence-corrected chi connectivity index (χ1v) is 11.8. The third-order valence-corrected chi connectivity index (χ3v) is 6.92. The zero-order chi connectivity index (χ0) is 23.8. The lowest BCUT2D eigenvalue weighted by atomic mass is 10.1. The predicted molar refractivity (Wildman–Crippen MR) is 130 cm³/mol. The maximum absolute atomic E-state index is 13.0. The number of aromatic nitrogens is 3. The first-order valence-electron chi connectivity index (χ1n) is 11.8. The third-order valence-electron chi connectivity index (χ3n) is 6.92. The van der Waals surface area contributed by atoms with Crippen molar-refractivity contribution in [3.8, 4) is 6.07 Å². The summed E-state index contributed by atoms with van der Waals surface area (Å²) in [4.78, 5) is 32.6. The van der Waals surface area contributed by atoms with Crippen molar-refractivity contribution in [3.05, 3.63) is 51.9 Å². The van der Waals surface area contributed by atoms with E-state index in [1.54, 1.807) is 6.20 Å². The zero-order valence-electron chi connectivity index (χ0n) is 19.5. The number of carbonyl (C=O) groups is 1. The molecule has 0 bridgehead atoms. The lowest BCUT2D eigenvalue weighted by molar-refractivity contribution is 0.0663. The number of nitriles is 1. The molecule has 0 radical (unpaired) electrons. The number of piperazine rings is 1. The Kier molecular flexibility index (Phi) is 5.84. The van der Waals surface area contributed by atoms with Gasteiger partial charge >= 0.3 is 0 Å². The third kappa shape index (κ3) is 4.17. The summed E-state index contributed by atoms with van der Waals surface area (Å²) < 4.78 is 1.84. The average Bonchev–Trinajstić information content (AvgIpc) is 3.60. The summed E-state index contributed by atoms with van der Waals surface area (Å²) >= 11 is 0. The van der Waals surface area contributed by atoms with E-state index in [2.05, 4.69) is 28.3 Å². The number of anilines is 2. The molecule has 2 aliphatic rings. The number of carbonyl (C=O) groups excluding carboxylic acids is 1. The Balaban J connectivity index is 1.44. The van der Waals surface area contributed by atoms with Gasteiger partial charge in [0.2, 0.25) is 0 Å². The van der Waals surface area contributed by atoms with Crippen LogP contribution in [0.4, 0.5) is 11.5 Å². The van der Waals surface area contributed by atoms with Crippen molar-refractivity contribution in [2.24, 2.45) is 5.92 Å². The number of nitrogens with one attached hydrogen (secondary N) is 2. The molecule has 3 aromatic rings. The highest BCUT2D eigenvalue weighted by Gasteiger charge is 2.34. The van der Waals surface area contributed by atoms with Crippen LogP contribution in [-0.2, 0) is 0 Å². The van der Waals surface area contributed by atoms with Crippen LogP contribution in [0.15, 0.2) is 35.3 Å². The lowest BCUT2D eigenvalue weighted by Crippen LogP contribution is -2.47. The molecule has 1 aliphatic heterocycles. The van der Waals surface area contributed by atoms with E-state index in [1.165, 1.54) is 0 Å². The van der Waals surface area contributed by atoms with Crippen molar-refractivity contribution >= 4 is 28.3 Å². The van der Waals surface area contributed by atoms with Gasteiger partial charge in [-0.25, -0.2) is 0 Å². The van der Waals surface area contributed by atoms with Gasteiger partial charge in [0.05, 0.1) is 24.0 Å². The van der Waals surface area contributed by atoms with E-state index in [-0.39, 0.29) is 17.5 Å². The van der Waals surface area contributed by atoms with Crippen LogP contribution in [0.25, 0.3) is 10.9 Å². The van der Waals surface area contributed by atoms with Crippen molar-refractivity contribution < 1.29 is 4.79 Å². The highest BCUT2D eigenvalue weighted by atomic mass is 16.2. The topological polar surface area (TPSA) is 110 Å². The van der Waals surface area contributed by atoms with Gasteiger partial charge in [0.25, 0.3) is 11.5 Å². The fourth-order valence-corrected chi connectivity index (χ4v) is 4.77. The molecule has 1 amide bonds. The molecule has 9 heteroatoms. The molecule has 1 aliphatic carbocycles. The van der Waals surface area contributed by atoms with Crippen LogP contribution in [0.5, 0.6) is 0 Å². The Morgan fingerprint density at radius 1 is 1.26 bits per heavy atom. The first kappa shape index (κ1) is 22.2. The average molecular weight is 460 g/mol.